The molecule has 1 fully saturated rings. The lowest BCUT2D eigenvalue weighted by molar-refractivity contribution is -0.132. The van der Waals surface area contributed by atoms with Gasteiger partial charge in [0.1, 0.15) is 28.3 Å². The lowest BCUT2D eigenvalue weighted by Crippen LogP contribution is -2.39. The van der Waals surface area contributed by atoms with Crippen molar-refractivity contribution in [3.8, 4) is 16.3 Å². The zero-order valence-corrected chi connectivity index (χ0v) is 24.9. The number of likely N-dealkylation sites (tertiary alicyclic amines) is 1. The van der Waals surface area contributed by atoms with Crippen molar-refractivity contribution in [2.75, 3.05) is 20.2 Å². The smallest absolute Gasteiger partial charge is 0.242 e. The highest BCUT2D eigenvalue weighted by Gasteiger charge is 2.29. The van der Waals surface area contributed by atoms with Crippen LogP contribution < -0.4 is 4.74 Å². The van der Waals surface area contributed by atoms with Gasteiger partial charge in [-0.3, -0.25) is 4.79 Å². The van der Waals surface area contributed by atoms with Crippen molar-refractivity contribution in [3.63, 3.8) is 0 Å². The molecule has 0 spiro atoms. The number of carbonyl (C=O) groups excluding carboxylic acids is 1. The molecular formula is C29H39ClN4O2S. The van der Waals surface area contributed by atoms with Crippen molar-refractivity contribution in [1.29, 1.82) is 0 Å². The van der Waals surface area contributed by atoms with Crippen molar-refractivity contribution in [2.24, 2.45) is 0 Å². The Hall–Kier alpha value is -2.38. The Kier molecular flexibility index (Phi) is 7.78. The van der Waals surface area contributed by atoms with Crippen LogP contribution >= 0.6 is 22.9 Å². The van der Waals surface area contributed by atoms with E-state index in [9.17, 15) is 4.79 Å². The Morgan fingerprint density at radius 3 is 2.19 bits per heavy atom. The number of ether oxygens (including phenoxy) is 1. The first-order valence-corrected chi connectivity index (χ1v) is 14.1. The van der Waals surface area contributed by atoms with Crippen LogP contribution in [0.3, 0.4) is 0 Å². The molecule has 37 heavy (non-hydrogen) atoms. The Balaban J connectivity index is 1.51. The van der Waals surface area contributed by atoms with E-state index in [-0.39, 0.29) is 23.3 Å². The van der Waals surface area contributed by atoms with Gasteiger partial charge in [0.15, 0.2) is 0 Å². The summed E-state index contributed by atoms with van der Waals surface area (Å²) in [5.74, 6) is 2.27. The van der Waals surface area contributed by atoms with Gasteiger partial charge in [-0.05, 0) is 48.6 Å². The van der Waals surface area contributed by atoms with Gasteiger partial charge in [0, 0.05) is 47.1 Å². The van der Waals surface area contributed by atoms with E-state index in [1.54, 1.807) is 24.6 Å². The number of methoxy groups -OCH3 is 1. The largest absolute Gasteiger partial charge is 0.496 e. The molecule has 6 nitrogen and oxygen atoms in total. The zero-order valence-electron chi connectivity index (χ0n) is 23.3. The minimum absolute atomic E-state index is 0.0542. The van der Waals surface area contributed by atoms with Crippen LogP contribution in [0.4, 0.5) is 0 Å². The van der Waals surface area contributed by atoms with Crippen molar-refractivity contribution >= 4 is 28.8 Å². The van der Waals surface area contributed by atoms with Crippen LogP contribution in [0.1, 0.15) is 82.1 Å². The van der Waals surface area contributed by atoms with E-state index < -0.39 is 0 Å². The van der Waals surface area contributed by atoms with Gasteiger partial charge < -0.3 is 14.2 Å². The summed E-state index contributed by atoms with van der Waals surface area (Å²) in [5, 5.41) is 1.46. The molecule has 1 aromatic carbocycles. The minimum atomic E-state index is -0.0542. The number of hydrogen-bond acceptors (Lipinski definition) is 5. The molecule has 3 aromatic rings. The molecule has 1 aliphatic rings. The summed E-state index contributed by atoms with van der Waals surface area (Å²) in [6.07, 6.45) is 5.65. The lowest BCUT2D eigenvalue weighted by atomic mass is 9.78. The molecule has 4 rings (SSSR count). The van der Waals surface area contributed by atoms with Crippen molar-refractivity contribution in [2.45, 2.75) is 84.6 Å². The second kappa shape index (κ2) is 10.4. The fraction of sp³-hybridized carbons (Fsp3) is 0.552. The molecule has 0 bridgehead atoms. The van der Waals surface area contributed by atoms with Gasteiger partial charge in [0.05, 0.1) is 7.11 Å². The van der Waals surface area contributed by atoms with Gasteiger partial charge in [-0.15, -0.1) is 11.3 Å². The third kappa shape index (κ3) is 6.04. The Labute approximate surface area is 230 Å². The summed E-state index contributed by atoms with van der Waals surface area (Å²) in [7, 11) is 1.77. The van der Waals surface area contributed by atoms with Gasteiger partial charge >= 0.3 is 0 Å². The molecule has 0 N–H and O–H groups in total. The Morgan fingerprint density at radius 1 is 1.11 bits per heavy atom. The number of aromatic nitrogens is 3. The summed E-state index contributed by atoms with van der Waals surface area (Å²) in [6.45, 7) is 17.0. The molecule has 0 saturated carbocycles. The van der Waals surface area contributed by atoms with E-state index in [1.165, 1.54) is 16.0 Å². The predicted octanol–water partition coefficient (Wildman–Crippen LogP) is 6.98. The molecule has 1 aliphatic heterocycles. The van der Waals surface area contributed by atoms with Gasteiger partial charge in [-0.1, -0.05) is 53.1 Å². The third-order valence-electron chi connectivity index (χ3n) is 7.18. The van der Waals surface area contributed by atoms with E-state index in [0.717, 1.165) is 48.1 Å². The molecular weight excluding hydrogens is 504 g/mol. The highest BCUT2D eigenvalue weighted by atomic mass is 35.5. The average Bonchev–Trinajstić information content (AvgIpc) is 3.43. The highest BCUT2D eigenvalue weighted by molar-refractivity contribution is 7.15. The number of hydrogen-bond donors (Lipinski definition) is 0. The summed E-state index contributed by atoms with van der Waals surface area (Å²) >= 11 is 7.76. The van der Waals surface area contributed by atoms with E-state index in [4.69, 9.17) is 21.3 Å². The second-order valence-electron chi connectivity index (χ2n) is 12.1. The molecule has 200 valence electrons. The SMILES string of the molecule is COc1c(C(C)(C)C)cc(-c2ncc(C3CCN(C(=O)Cn4cc(Cl)nc4C)CC3)s2)cc1C(C)(C)C. The summed E-state index contributed by atoms with van der Waals surface area (Å²) in [6, 6.07) is 4.50. The van der Waals surface area contributed by atoms with E-state index in [0.29, 0.717) is 11.1 Å². The molecule has 2 aromatic heterocycles. The number of carbonyl (C=O) groups is 1. The fourth-order valence-corrected chi connectivity index (χ4v) is 6.30. The van der Waals surface area contributed by atoms with Crippen molar-refractivity contribution in [1.82, 2.24) is 19.4 Å². The van der Waals surface area contributed by atoms with E-state index in [1.807, 2.05) is 22.6 Å². The Bertz CT molecular complexity index is 1240. The number of rotatable bonds is 5. The van der Waals surface area contributed by atoms with Crippen LogP contribution in [0.15, 0.2) is 24.5 Å². The van der Waals surface area contributed by atoms with Crippen LogP contribution in [0.25, 0.3) is 10.6 Å². The number of imidazole rings is 1. The number of amides is 1. The van der Waals surface area contributed by atoms with Crippen LogP contribution in [0.2, 0.25) is 5.15 Å². The summed E-state index contributed by atoms with van der Waals surface area (Å²) < 4.78 is 7.75. The maximum Gasteiger partial charge on any atom is 0.242 e. The number of halogens is 1. The first-order chi connectivity index (χ1) is 17.3. The maximum atomic E-state index is 12.9. The molecule has 0 atom stereocenters. The third-order valence-corrected chi connectivity index (χ3v) is 8.57. The van der Waals surface area contributed by atoms with Gasteiger partial charge in [-0.2, -0.15) is 0 Å². The molecule has 1 saturated heterocycles. The number of thiazole rings is 1. The standard InChI is InChI=1S/C29H39ClN4O2S/c1-18-32-24(30)16-34(18)17-25(35)33-11-9-19(10-12-33)23-15-31-27(37-23)20-13-21(28(2,3)4)26(36-8)22(14-20)29(5,6)7/h13-16,19H,9-12,17H2,1-8H3. The highest BCUT2D eigenvalue weighted by Crippen LogP contribution is 2.44. The van der Waals surface area contributed by atoms with E-state index in [2.05, 4.69) is 58.7 Å². The fourth-order valence-electron chi connectivity index (χ4n) is 4.98. The first-order valence-electron chi connectivity index (χ1n) is 12.9. The molecule has 0 unspecified atom stereocenters. The van der Waals surface area contributed by atoms with Crippen LogP contribution in [0.5, 0.6) is 5.75 Å². The monoisotopic (exact) mass is 542 g/mol. The topological polar surface area (TPSA) is 60.2 Å². The minimum Gasteiger partial charge on any atom is -0.496 e. The molecule has 8 heteroatoms. The molecule has 0 aliphatic carbocycles. The van der Waals surface area contributed by atoms with Crippen LogP contribution in [0, 0.1) is 6.92 Å². The molecule has 3 heterocycles. The average molecular weight is 543 g/mol. The quantitative estimate of drug-likeness (QED) is 0.349. The predicted molar refractivity (Wildman–Crippen MR) is 152 cm³/mol. The Morgan fingerprint density at radius 2 is 1.70 bits per heavy atom. The van der Waals surface area contributed by atoms with Gasteiger partial charge in [-0.25, -0.2) is 9.97 Å². The van der Waals surface area contributed by atoms with Crippen LogP contribution in [-0.4, -0.2) is 45.5 Å². The first kappa shape index (κ1) is 27.6. The number of piperidine rings is 1. The van der Waals surface area contributed by atoms with Crippen LogP contribution in [-0.2, 0) is 22.2 Å². The second-order valence-corrected chi connectivity index (χ2v) is 13.5. The van der Waals surface area contributed by atoms with Gasteiger partial charge in [0.2, 0.25) is 5.91 Å². The zero-order chi connectivity index (χ0) is 27.1. The number of benzene rings is 1. The maximum absolute atomic E-state index is 12.9. The summed E-state index contributed by atoms with van der Waals surface area (Å²) in [4.78, 5) is 25.1. The van der Waals surface area contributed by atoms with E-state index >= 15 is 0 Å². The normalized spacial score (nSPS) is 15.3. The number of aryl methyl sites for hydroxylation is 1. The van der Waals surface area contributed by atoms with Gasteiger partial charge in [0.25, 0.3) is 0 Å². The molecule has 0 radical (unpaired) electrons. The van der Waals surface area contributed by atoms with Crippen molar-refractivity contribution < 1.29 is 9.53 Å². The molecule has 1 amide bonds. The number of nitrogens with zero attached hydrogens (tertiary/aromatic N) is 4. The van der Waals surface area contributed by atoms with Crippen molar-refractivity contribution in [3.05, 3.63) is 51.5 Å². The lowest BCUT2D eigenvalue weighted by Gasteiger charge is -2.31. The summed E-state index contributed by atoms with van der Waals surface area (Å²) in [5.41, 5.74) is 3.45.